The van der Waals surface area contributed by atoms with Crippen molar-refractivity contribution < 1.29 is 4.74 Å². The molecule has 2 rings (SSSR count). The smallest absolute Gasteiger partial charge is 0.118 e. The van der Waals surface area contributed by atoms with Gasteiger partial charge in [0.15, 0.2) is 0 Å². The molecule has 2 nitrogen and oxygen atoms in total. The molecule has 100 valence electrons. The first-order valence-electron chi connectivity index (χ1n) is 5.97. The summed E-state index contributed by atoms with van der Waals surface area (Å²) >= 11 is 7.91. The molecule has 2 N–H and O–H groups in total. The largest absolute Gasteiger partial charge is 0.497 e. The Morgan fingerprint density at radius 3 is 2.37 bits per heavy atom. The van der Waals surface area contributed by atoms with Gasteiger partial charge in [0.2, 0.25) is 0 Å². The minimum atomic E-state index is -0.00228. The second-order valence-corrected chi connectivity index (χ2v) is 5.78. The SMILES string of the molecule is COc1ccc(Sc2ccc([C@H](C)N)cc2Cl)cc1. The first-order valence-corrected chi connectivity index (χ1v) is 7.16. The average molecular weight is 294 g/mol. The molecule has 0 radical (unpaired) electrons. The summed E-state index contributed by atoms with van der Waals surface area (Å²) in [7, 11) is 1.66. The summed E-state index contributed by atoms with van der Waals surface area (Å²) < 4.78 is 5.14. The topological polar surface area (TPSA) is 35.2 Å². The molecule has 0 aromatic heterocycles. The predicted molar refractivity (Wildman–Crippen MR) is 81.2 cm³/mol. The Labute approximate surface area is 122 Å². The number of nitrogens with two attached hydrogens (primary N) is 1. The van der Waals surface area contributed by atoms with E-state index in [1.165, 1.54) is 0 Å². The van der Waals surface area contributed by atoms with Gasteiger partial charge < -0.3 is 10.5 Å². The van der Waals surface area contributed by atoms with Crippen LogP contribution in [0.1, 0.15) is 18.5 Å². The molecule has 19 heavy (non-hydrogen) atoms. The summed E-state index contributed by atoms with van der Waals surface area (Å²) in [6.45, 7) is 1.95. The number of rotatable bonds is 4. The molecule has 0 spiro atoms. The van der Waals surface area contributed by atoms with Crippen LogP contribution in [0, 0.1) is 0 Å². The molecule has 0 fully saturated rings. The third-order valence-corrected chi connectivity index (χ3v) is 4.28. The maximum Gasteiger partial charge on any atom is 0.118 e. The molecule has 0 saturated carbocycles. The number of hydrogen-bond donors (Lipinski definition) is 1. The monoisotopic (exact) mass is 293 g/mol. The second-order valence-electron chi connectivity index (χ2n) is 4.26. The molecule has 0 saturated heterocycles. The highest BCUT2D eigenvalue weighted by molar-refractivity contribution is 7.99. The summed E-state index contributed by atoms with van der Waals surface area (Å²) in [5, 5.41) is 0.732. The highest BCUT2D eigenvalue weighted by Crippen LogP contribution is 2.35. The van der Waals surface area contributed by atoms with Gasteiger partial charge in [0.1, 0.15) is 5.75 Å². The highest BCUT2D eigenvalue weighted by atomic mass is 35.5. The fraction of sp³-hybridized carbons (Fsp3) is 0.200. The van der Waals surface area contributed by atoms with Crippen LogP contribution in [0.4, 0.5) is 0 Å². The number of ether oxygens (including phenoxy) is 1. The van der Waals surface area contributed by atoms with E-state index in [9.17, 15) is 0 Å². The van der Waals surface area contributed by atoms with Crippen molar-refractivity contribution in [3.8, 4) is 5.75 Å². The predicted octanol–water partition coefficient (Wildman–Crippen LogP) is 4.52. The Morgan fingerprint density at radius 2 is 1.84 bits per heavy atom. The van der Waals surface area contributed by atoms with Gasteiger partial charge in [-0.15, -0.1) is 0 Å². The molecule has 0 aliphatic rings. The van der Waals surface area contributed by atoms with Gasteiger partial charge in [0.25, 0.3) is 0 Å². The Bertz CT molecular complexity index is 555. The molecule has 0 amide bonds. The van der Waals surface area contributed by atoms with Gasteiger partial charge in [-0.25, -0.2) is 0 Å². The van der Waals surface area contributed by atoms with E-state index in [2.05, 4.69) is 0 Å². The molecule has 0 unspecified atom stereocenters. The Morgan fingerprint density at radius 1 is 1.16 bits per heavy atom. The van der Waals surface area contributed by atoms with E-state index in [0.717, 1.165) is 26.1 Å². The van der Waals surface area contributed by atoms with Gasteiger partial charge in [-0.3, -0.25) is 0 Å². The molecular weight excluding hydrogens is 278 g/mol. The third-order valence-electron chi connectivity index (χ3n) is 2.77. The molecule has 0 aliphatic heterocycles. The van der Waals surface area contributed by atoms with Crippen LogP contribution >= 0.6 is 23.4 Å². The van der Waals surface area contributed by atoms with Crippen molar-refractivity contribution in [2.24, 2.45) is 5.73 Å². The second kappa shape index (κ2) is 6.33. The van der Waals surface area contributed by atoms with E-state index in [1.54, 1.807) is 18.9 Å². The minimum Gasteiger partial charge on any atom is -0.497 e. The zero-order valence-electron chi connectivity index (χ0n) is 10.9. The lowest BCUT2D eigenvalue weighted by molar-refractivity contribution is 0.414. The maximum absolute atomic E-state index is 6.28. The van der Waals surface area contributed by atoms with E-state index < -0.39 is 0 Å². The molecule has 0 aliphatic carbocycles. The van der Waals surface area contributed by atoms with Crippen molar-refractivity contribution in [3.63, 3.8) is 0 Å². The quantitative estimate of drug-likeness (QED) is 0.900. The first kappa shape index (κ1) is 14.3. The number of benzene rings is 2. The molecule has 1 atom stereocenters. The van der Waals surface area contributed by atoms with E-state index in [4.69, 9.17) is 22.1 Å². The lowest BCUT2D eigenvalue weighted by Gasteiger charge is -2.09. The van der Waals surface area contributed by atoms with Gasteiger partial charge in [-0.05, 0) is 48.9 Å². The van der Waals surface area contributed by atoms with Crippen LogP contribution in [0.25, 0.3) is 0 Å². The van der Waals surface area contributed by atoms with E-state index >= 15 is 0 Å². The van der Waals surface area contributed by atoms with Crippen molar-refractivity contribution in [1.82, 2.24) is 0 Å². The summed E-state index contributed by atoms with van der Waals surface area (Å²) in [6, 6.07) is 13.9. The summed E-state index contributed by atoms with van der Waals surface area (Å²) in [5.74, 6) is 0.850. The molecule has 2 aromatic carbocycles. The van der Waals surface area contributed by atoms with Crippen LogP contribution in [-0.2, 0) is 0 Å². The van der Waals surface area contributed by atoms with Gasteiger partial charge in [0, 0.05) is 15.8 Å². The molecule has 0 bridgehead atoms. The van der Waals surface area contributed by atoms with Crippen LogP contribution in [0.5, 0.6) is 5.75 Å². The minimum absolute atomic E-state index is 0.00228. The molecular formula is C15H16ClNOS. The fourth-order valence-corrected chi connectivity index (χ4v) is 2.78. The molecule has 0 heterocycles. The van der Waals surface area contributed by atoms with E-state index in [-0.39, 0.29) is 6.04 Å². The lowest BCUT2D eigenvalue weighted by atomic mass is 10.1. The summed E-state index contributed by atoms with van der Waals surface area (Å²) in [5.41, 5.74) is 6.88. The van der Waals surface area contributed by atoms with Crippen molar-refractivity contribution >= 4 is 23.4 Å². The maximum atomic E-state index is 6.28. The van der Waals surface area contributed by atoms with Crippen molar-refractivity contribution in [2.75, 3.05) is 7.11 Å². The van der Waals surface area contributed by atoms with Crippen molar-refractivity contribution in [2.45, 2.75) is 22.8 Å². The molecule has 2 aromatic rings. The normalized spacial score (nSPS) is 12.2. The Kier molecular flexibility index (Phi) is 4.75. The Balaban J connectivity index is 2.18. The number of halogens is 1. The van der Waals surface area contributed by atoms with E-state index in [0.29, 0.717) is 0 Å². The number of methoxy groups -OCH3 is 1. The summed E-state index contributed by atoms with van der Waals surface area (Å²) in [4.78, 5) is 2.15. The summed E-state index contributed by atoms with van der Waals surface area (Å²) in [6.07, 6.45) is 0. The number of hydrogen-bond acceptors (Lipinski definition) is 3. The zero-order chi connectivity index (χ0) is 13.8. The van der Waals surface area contributed by atoms with Gasteiger partial charge in [0.05, 0.1) is 12.1 Å². The van der Waals surface area contributed by atoms with Crippen LogP contribution in [0.15, 0.2) is 52.3 Å². The average Bonchev–Trinajstić information content (AvgIpc) is 2.41. The van der Waals surface area contributed by atoms with Crippen LogP contribution in [0.2, 0.25) is 5.02 Å². The van der Waals surface area contributed by atoms with Crippen molar-refractivity contribution in [1.29, 1.82) is 0 Å². The highest BCUT2D eigenvalue weighted by Gasteiger charge is 2.06. The van der Waals surface area contributed by atoms with Crippen LogP contribution in [-0.4, -0.2) is 7.11 Å². The zero-order valence-corrected chi connectivity index (χ0v) is 12.5. The van der Waals surface area contributed by atoms with Crippen LogP contribution in [0.3, 0.4) is 0 Å². The van der Waals surface area contributed by atoms with Gasteiger partial charge >= 0.3 is 0 Å². The first-order chi connectivity index (χ1) is 9.10. The van der Waals surface area contributed by atoms with Crippen LogP contribution < -0.4 is 10.5 Å². The third kappa shape index (κ3) is 3.66. The van der Waals surface area contributed by atoms with Gasteiger partial charge in [-0.1, -0.05) is 29.4 Å². The molecule has 4 heteroatoms. The van der Waals surface area contributed by atoms with Crippen molar-refractivity contribution in [3.05, 3.63) is 53.1 Å². The van der Waals surface area contributed by atoms with Gasteiger partial charge in [-0.2, -0.15) is 0 Å². The fourth-order valence-electron chi connectivity index (χ4n) is 1.65. The Hall–Kier alpha value is -1.16. The lowest BCUT2D eigenvalue weighted by Crippen LogP contribution is -2.04. The van der Waals surface area contributed by atoms with E-state index in [1.807, 2.05) is 49.4 Å². The standard InChI is InChI=1S/C15H16ClNOS/c1-10(17)11-3-8-15(14(16)9-11)19-13-6-4-12(18-2)5-7-13/h3-10H,17H2,1-2H3/t10-/m0/s1.